The third-order valence-electron chi connectivity index (χ3n) is 16.2. The Morgan fingerprint density at radius 1 is 0.886 bits per heavy atom. The molecule has 446 valence electrons. The Balaban J connectivity index is 1.71. The summed E-state index contributed by atoms with van der Waals surface area (Å²) in [6.45, 7) is 27.5. The van der Waals surface area contributed by atoms with Crippen molar-refractivity contribution in [2.75, 3.05) is 26.2 Å². The minimum Gasteiger partial charge on any atom is -0.466 e. The molecule has 2 heterocycles. The van der Waals surface area contributed by atoms with Crippen LogP contribution in [0.1, 0.15) is 153 Å². The number of allylic oxidation sites excluding steroid dienone is 1. The Morgan fingerprint density at radius 2 is 1.54 bits per heavy atom. The summed E-state index contributed by atoms with van der Waals surface area (Å²) in [6, 6.07) is 9.40. The van der Waals surface area contributed by atoms with Crippen molar-refractivity contribution in [3.63, 3.8) is 0 Å². The van der Waals surface area contributed by atoms with Crippen molar-refractivity contribution in [3.8, 4) is 0 Å². The number of esters is 5. The van der Waals surface area contributed by atoms with Gasteiger partial charge in [0.15, 0.2) is 20.2 Å². The molecule has 1 aromatic carbocycles. The number of hydrogen-bond donors (Lipinski definition) is 1. The Labute approximate surface area is 475 Å². The van der Waals surface area contributed by atoms with E-state index in [1.54, 1.807) is 27.7 Å². The monoisotopic (exact) mass is 1150 g/mol. The third-order valence-corrected chi connectivity index (χ3v) is 21.0. The predicted molar refractivity (Wildman–Crippen MR) is 300 cm³/mol. The van der Waals surface area contributed by atoms with E-state index in [4.69, 9.17) is 58.7 Å². The van der Waals surface area contributed by atoms with Gasteiger partial charge in [0.1, 0.15) is 24.4 Å². The summed E-state index contributed by atoms with van der Waals surface area (Å²) in [5.41, 5.74) is -1.34. The molecular formula is C60H93ClO17Si. The second-order valence-corrected chi connectivity index (χ2v) is 29.9. The van der Waals surface area contributed by atoms with Crippen LogP contribution in [0.25, 0.3) is 0 Å². The van der Waals surface area contributed by atoms with E-state index in [1.807, 2.05) is 78.0 Å². The van der Waals surface area contributed by atoms with Gasteiger partial charge in [0.25, 0.3) is 0 Å². The molecule has 0 amide bonds. The molecule has 2 saturated heterocycles. The largest absolute Gasteiger partial charge is 0.466 e. The van der Waals surface area contributed by atoms with E-state index >= 15 is 0 Å². The average Bonchev–Trinajstić information content (AvgIpc) is 3.54. The second kappa shape index (κ2) is 29.3. The summed E-state index contributed by atoms with van der Waals surface area (Å²) in [5, 5.41) is 12.3. The number of benzene rings is 1. The maximum atomic E-state index is 14.7. The second-order valence-electron chi connectivity index (χ2n) is 24.9. The Morgan fingerprint density at radius 3 is 2.14 bits per heavy atom. The summed E-state index contributed by atoms with van der Waals surface area (Å²) in [4.78, 5) is 79.2. The number of carbonyl (C=O) groups excluding carboxylic acids is 6. The molecule has 1 saturated carbocycles. The lowest BCUT2D eigenvalue weighted by atomic mass is 9.72. The van der Waals surface area contributed by atoms with Gasteiger partial charge in [0.2, 0.25) is 5.79 Å². The van der Waals surface area contributed by atoms with Gasteiger partial charge >= 0.3 is 29.8 Å². The van der Waals surface area contributed by atoms with Crippen molar-refractivity contribution in [2.45, 2.75) is 226 Å². The van der Waals surface area contributed by atoms with Crippen LogP contribution in [0.4, 0.5) is 0 Å². The highest BCUT2D eigenvalue weighted by Crippen LogP contribution is 2.49. The van der Waals surface area contributed by atoms with Crippen LogP contribution < -0.4 is 0 Å². The molecule has 2 unspecified atom stereocenters. The molecule has 1 N–H and O–H groups in total. The SMILES string of the molecule is CCC(=O)O[C@H]1/C(=C/C(=O)OC)C[C@@H](C[C@@H](OC(=O)C[C@@H](CC(=O)O[C@@H](C[C@@H]2CCOC3(C[C@H](C)CC[C@H]3C(C)C)O2)C(C)(C)COC(=O)CCl)O[Si](C)(C)C(C)(C)C)C(C)OCc2ccccc2)O[C@@]1(O)C(C)(C)/C=C/C=O. The number of ether oxygens (including phenoxy) is 9. The quantitative estimate of drug-likeness (QED) is 0.0216. The molecule has 1 spiro atoms. The summed E-state index contributed by atoms with van der Waals surface area (Å²) in [5.74, 6) is -6.11. The highest BCUT2D eigenvalue weighted by Gasteiger charge is 2.58. The van der Waals surface area contributed by atoms with Crippen LogP contribution in [0.5, 0.6) is 0 Å². The topological polar surface area (TPSA) is 215 Å². The number of aldehydes is 1. The van der Waals surface area contributed by atoms with Gasteiger partial charge in [-0.25, -0.2) is 4.79 Å². The van der Waals surface area contributed by atoms with Crippen LogP contribution >= 0.6 is 11.6 Å². The highest BCUT2D eigenvalue weighted by atomic mass is 35.5. The van der Waals surface area contributed by atoms with E-state index in [2.05, 4.69) is 20.8 Å². The first-order valence-electron chi connectivity index (χ1n) is 28.1. The zero-order valence-corrected chi connectivity index (χ0v) is 51.5. The number of rotatable bonds is 27. The minimum absolute atomic E-state index is 0.0623. The van der Waals surface area contributed by atoms with Crippen molar-refractivity contribution in [1.29, 1.82) is 0 Å². The average molecular weight is 1150 g/mol. The minimum atomic E-state index is -2.72. The van der Waals surface area contributed by atoms with E-state index < -0.39 is 97.2 Å². The van der Waals surface area contributed by atoms with Crippen molar-refractivity contribution in [1.82, 2.24) is 0 Å². The standard InChI is InChI=1S/C60H93ClO17Si/c1-16-50(63)75-55-43(30-51(64)69-13)29-45(77-60(55,68)58(11,12)26-20-27-62)31-48(41(5)70-37-42-21-18-17-19-22-42)73-52(65)33-46(78-79(14,15)56(6,7)8)34-53(66)74-49(57(9,10)38-71-54(67)36-61)32-44-25-28-72-59(76-44)35-40(4)23-24-47(59)39(2)3/h17-22,26-27,30,39-41,44-49,55,68H,16,23-25,28-29,31-38H2,1-15H3/b26-20+,43-30+/t40-,41?,44+,45+,46+,47+,48-,49+,55+,59?,60-/m1/s1. The fraction of sp³-hybridized carbons (Fsp3) is 0.733. The van der Waals surface area contributed by atoms with Gasteiger partial charge in [-0.1, -0.05) is 119 Å². The van der Waals surface area contributed by atoms with Gasteiger partial charge in [-0.05, 0) is 73.4 Å². The number of alkyl halides is 1. The first kappa shape index (κ1) is 67.5. The van der Waals surface area contributed by atoms with E-state index in [1.165, 1.54) is 19.3 Å². The normalized spacial score (nSPS) is 26.3. The zero-order chi connectivity index (χ0) is 59.1. The molecule has 19 heteroatoms. The molecule has 1 aromatic rings. The number of hydrogen-bond acceptors (Lipinski definition) is 17. The molecule has 2 aliphatic heterocycles. The third kappa shape index (κ3) is 19.0. The van der Waals surface area contributed by atoms with Gasteiger partial charge in [-0.15, -0.1) is 11.6 Å². The van der Waals surface area contributed by atoms with Gasteiger partial charge in [-0.3, -0.25) is 24.0 Å². The van der Waals surface area contributed by atoms with E-state index in [9.17, 15) is 33.9 Å². The lowest BCUT2D eigenvalue weighted by Gasteiger charge is -2.52. The van der Waals surface area contributed by atoms with E-state index in [-0.39, 0.29) is 80.3 Å². The van der Waals surface area contributed by atoms with Crippen LogP contribution in [0.2, 0.25) is 18.1 Å². The lowest BCUT2D eigenvalue weighted by Crippen LogP contribution is -2.62. The van der Waals surface area contributed by atoms with Crippen molar-refractivity contribution < 1.29 is 80.9 Å². The van der Waals surface area contributed by atoms with Crippen LogP contribution in [0.3, 0.4) is 0 Å². The van der Waals surface area contributed by atoms with Crippen molar-refractivity contribution >= 4 is 56.1 Å². The molecule has 1 aliphatic carbocycles. The molecule has 0 bridgehead atoms. The highest BCUT2D eigenvalue weighted by molar-refractivity contribution is 6.74. The smallest absolute Gasteiger partial charge is 0.330 e. The molecular weight excluding hydrogens is 1060 g/mol. The molecule has 0 aromatic heterocycles. The van der Waals surface area contributed by atoms with Gasteiger partial charge in [-0.2, -0.15) is 0 Å². The van der Waals surface area contributed by atoms with Gasteiger partial charge in [0, 0.05) is 48.5 Å². The Kier molecular flexibility index (Phi) is 25.0. The van der Waals surface area contributed by atoms with Crippen LogP contribution in [-0.2, 0) is 82.4 Å². The van der Waals surface area contributed by atoms with Crippen molar-refractivity contribution in [2.24, 2.45) is 28.6 Å². The van der Waals surface area contributed by atoms with Crippen LogP contribution in [0.15, 0.2) is 54.1 Å². The molecule has 11 atom stereocenters. The summed E-state index contributed by atoms with van der Waals surface area (Å²) in [7, 11) is -1.54. The molecule has 3 aliphatic rings. The van der Waals surface area contributed by atoms with E-state index in [0.29, 0.717) is 31.1 Å². The van der Waals surface area contributed by atoms with Gasteiger partial charge < -0.3 is 52.2 Å². The van der Waals surface area contributed by atoms with Crippen molar-refractivity contribution in [3.05, 3.63) is 59.7 Å². The molecule has 79 heavy (non-hydrogen) atoms. The van der Waals surface area contributed by atoms with Gasteiger partial charge in [0.05, 0.1) is 64.2 Å². The zero-order valence-electron chi connectivity index (χ0n) is 49.7. The molecule has 4 rings (SSSR count). The summed E-state index contributed by atoms with van der Waals surface area (Å²) >= 11 is 5.84. The number of carbonyl (C=O) groups is 6. The fourth-order valence-electron chi connectivity index (χ4n) is 10.4. The fourth-order valence-corrected chi connectivity index (χ4v) is 11.8. The summed E-state index contributed by atoms with van der Waals surface area (Å²) < 4.78 is 62.5. The maximum absolute atomic E-state index is 14.7. The molecule has 0 radical (unpaired) electrons. The molecule has 17 nitrogen and oxygen atoms in total. The number of aliphatic hydroxyl groups is 1. The Hall–Kier alpha value is -4.01. The van der Waals surface area contributed by atoms with Crippen LogP contribution in [0, 0.1) is 28.6 Å². The van der Waals surface area contributed by atoms with E-state index in [0.717, 1.165) is 30.9 Å². The first-order chi connectivity index (χ1) is 36.8. The maximum Gasteiger partial charge on any atom is 0.330 e. The summed E-state index contributed by atoms with van der Waals surface area (Å²) in [6.07, 6.45) is 0.248. The number of methoxy groups -OCH3 is 1. The number of halogens is 1. The molecule has 3 fully saturated rings. The lowest BCUT2D eigenvalue weighted by molar-refractivity contribution is -0.342. The predicted octanol–water partition coefficient (Wildman–Crippen LogP) is 10.4. The van der Waals surface area contributed by atoms with Crippen LogP contribution in [-0.4, -0.2) is 130 Å². The first-order valence-corrected chi connectivity index (χ1v) is 31.6. The Bertz CT molecular complexity index is 2240.